The van der Waals surface area contributed by atoms with E-state index in [2.05, 4.69) is 29.2 Å². The molecule has 1 rings (SSSR count). The Bertz CT molecular complexity index is 234. The lowest BCUT2D eigenvalue weighted by Crippen LogP contribution is -2.53. The van der Waals surface area contributed by atoms with Gasteiger partial charge in [-0.25, -0.2) is 5.84 Å². The number of hydrazine groups is 1. The number of rotatable bonds is 3. The summed E-state index contributed by atoms with van der Waals surface area (Å²) < 4.78 is 0. The van der Waals surface area contributed by atoms with E-state index in [1.165, 1.54) is 0 Å². The molecule has 1 heterocycles. The Morgan fingerprint density at radius 3 is 2.81 bits per heavy atom. The van der Waals surface area contributed by atoms with Gasteiger partial charge in [0, 0.05) is 19.1 Å². The standard InChI is InChI=1S/C11H24N4O/c1-4-10(11(16)13-12)15-7-5-6-14(3)8-9(15)2/h9-10H,4-8,12H2,1-3H3,(H,13,16). The monoisotopic (exact) mass is 228 g/mol. The minimum atomic E-state index is -0.0912. The summed E-state index contributed by atoms with van der Waals surface area (Å²) in [6.45, 7) is 7.28. The molecule has 0 aliphatic carbocycles. The van der Waals surface area contributed by atoms with Crippen molar-refractivity contribution >= 4 is 5.91 Å². The largest absolute Gasteiger partial charge is 0.305 e. The predicted octanol–water partition coefficient (Wildman–Crippen LogP) is -0.219. The van der Waals surface area contributed by atoms with Crippen LogP contribution in [0.5, 0.6) is 0 Å². The van der Waals surface area contributed by atoms with Gasteiger partial charge in [-0.1, -0.05) is 6.92 Å². The van der Waals surface area contributed by atoms with Crippen LogP contribution in [0.3, 0.4) is 0 Å². The lowest BCUT2D eigenvalue weighted by molar-refractivity contribution is -0.127. The Hall–Kier alpha value is -0.650. The maximum absolute atomic E-state index is 11.7. The fourth-order valence-corrected chi connectivity index (χ4v) is 2.52. The van der Waals surface area contributed by atoms with Gasteiger partial charge in [0.1, 0.15) is 0 Å². The van der Waals surface area contributed by atoms with Crippen LogP contribution in [0.25, 0.3) is 0 Å². The molecule has 0 bridgehead atoms. The minimum absolute atomic E-state index is 0.0705. The highest BCUT2D eigenvalue weighted by Crippen LogP contribution is 2.14. The van der Waals surface area contributed by atoms with E-state index >= 15 is 0 Å². The molecule has 0 radical (unpaired) electrons. The molecular weight excluding hydrogens is 204 g/mol. The first-order chi connectivity index (χ1) is 7.60. The first kappa shape index (κ1) is 13.4. The van der Waals surface area contributed by atoms with E-state index in [0.717, 1.165) is 32.5 Å². The van der Waals surface area contributed by atoms with Crippen molar-refractivity contribution in [1.82, 2.24) is 15.2 Å². The van der Waals surface area contributed by atoms with E-state index in [9.17, 15) is 4.79 Å². The smallest absolute Gasteiger partial charge is 0.251 e. The van der Waals surface area contributed by atoms with Crippen molar-refractivity contribution in [2.45, 2.75) is 38.8 Å². The number of hydrogen-bond acceptors (Lipinski definition) is 4. The molecule has 2 unspecified atom stereocenters. The van der Waals surface area contributed by atoms with Gasteiger partial charge in [0.15, 0.2) is 0 Å². The number of hydrogen-bond donors (Lipinski definition) is 2. The number of nitrogens with one attached hydrogen (secondary N) is 1. The number of likely N-dealkylation sites (N-methyl/N-ethyl adjacent to an activating group) is 1. The third-order valence-corrected chi connectivity index (χ3v) is 3.33. The zero-order chi connectivity index (χ0) is 12.1. The van der Waals surface area contributed by atoms with E-state index in [1.807, 2.05) is 6.92 Å². The van der Waals surface area contributed by atoms with E-state index < -0.39 is 0 Å². The van der Waals surface area contributed by atoms with Gasteiger partial charge >= 0.3 is 0 Å². The van der Waals surface area contributed by atoms with E-state index in [-0.39, 0.29) is 11.9 Å². The fraction of sp³-hybridized carbons (Fsp3) is 0.909. The first-order valence-corrected chi connectivity index (χ1v) is 6.04. The molecule has 0 aromatic heterocycles. The van der Waals surface area contributed by atoms with Gasteiger partial charge in [-0.2, -0.15) is 0 Å². The third-order valence-electron chi connectivity index (χ3n) is 3.33. The number of nitrogens with zero attached hydrogens (tertiary/aromatic N) is 2. The summed E-state index contributed by atoms with van der Waals surface area (Å²) >= 11 is 0. The molecule has 0 aromatic carbocycles. The number of carbonyl (C=O) groups is 1. The highest BCUT2D eigenvalue weighted by Gasteiger charge is 2.29. The summed E-state index contributed by atoms with van der Waals surface area (Å²) in [6, 6.07) is 0.307. The van der Waals surface area contributed by atoms with Crippen LogP contribution < -0.4 is 11.3 Å². The first-order valence-electron chi connectivity index (χ1n) is 6.04. The second-order valence-electron chi connectivity index (χ2n) is 4.64. The van der Waals surface area contributed by atoms with Crippen LogP contribution >= 0.6 is 0 Å². The topological polar surface area (TPSA) is 61.6 Å². The summed E-state index contributed by atoms with van der Waals surface area (Å²) in [5.74, 6) is 5.16. The third kappa shape index (κ3) is 3.17. The Balaban J connectivity index is 2.71. The molecule has 1 amide bonds. The van der Waals surface area contributed by atoms with Crippen molar-refractivity contribution in [2.24, 2.45) is 5.84 Å². The summed E-state index contributed by atoms with van der Waals surface area (Å²) in [7, 11) is 2.13. The number of amides is 1. The average Bonchev–Trinajstić information content (AvgIpc) is 2.41. The molecule has 1 saturated heterocycles. The van der Waals surface area contributed by atoms with Crippen molar-refractivity contribution < 1.29 is 4.79 Å². The predicted molar refractivity (Wildman–Crippen MR) is 64.7 cm³/mol. The molecular formula is C11H24N4O. The second-order valence-corrected chi connectivity index (χ2v) is 4.64. The SMILES string of the molecule is CCC(C(=O)NN)N1CCCN(C)CC1C. The number of carbonyl (C=O) groups excluding carboxylic acids is 1. The normalized spacial score (nSPS) is 26.1. The van der Waals surface area contributed by atoms with Crippen molar-refractivity contribution in [1.29, 1.82) is 0 Å². The molecule has 1 aliphatic heterocycles. The molecule has 0 spiro atoms. The number of nitrogens with two attached hydrogens (primary N) is 1. The van der Waals surface area contributed by atoms with Crippen LogP contribution in [0, 0.1) is 0 Å². The van der Waals surface area contributed by atoms with E-state index in [0.29, 0.717) is 6.04 Å². The van der Waals surface area contributed by atoms with Gasteiger partial charge < -0.3 is 4.90 Å². The maximum atomic E-state index is 11.7. The Labute approximate surface area is 97.9 Å². The molecule has 94 valence electrons. The summed E-state index contributed by atoms with van der Waals surface area (Å²) in [4.78, 5) is 16.3. The van der Waals surface area contributed by atoms with E-state index in [1.54, 1.807) is 0 Å². The molecule has 2 atom stereocenters. The van der Waals surface area contributed by atoms with Gasteiger partial charge in [0.2, 0.25) is 0 Å². The molecule has 0 saturated carbocycles. The second kappa shape index (κ2) is 6.18. The quantitative estimate of drug-likeness (QED) is 0.398. The maximum Gasteiger partial charge on any atom is 0.251 e. The molecule has 1 fully saturated rings. The Morgan fingerprint density at radius 1 is 1.56 bits per heavy atom. The minimum Gasteiger partial charge on any atom is -0.305 e. The van der Waals surface area contributed by atoms with Gasteiger partial charge in [-0.3, -0.25) is 15.1 Å². The Morgan fingerprint density at radius 2 is 2.25 bits per heavy atom. The van der Waals surface area contributed by atoms with Gasteiger partial charge in [-0.05, 0) is 33.4 Å². The van der Waals surface area contributed by atoms with Crippen LogP contribution in [-0.4, -0.2) is 54.5 Å². The van der Waals surface area contributed by atoms with Crippen molar-refractivity contribution in [3.8, 4) is 0 Å². The summed E-state index contributed by atoms with van der Waals surface area (Å²) in [6.07, 6.45) is 1.91. The molecule has 3 N–H and O–H groups in total. The van der Waals surface area contributed by atoms with Gasteiger partial charge in [0.05, 0.1) is 6.04 Å². The van der Waals surface area contributed by atoms with Gasteiger partial charge in [-0.15, -0.1) is 0 Å². The highest BCUT2D eigenvalue weighted by molar-refractivity contribution is 5.81. The zero-order valence-electron chi connectivity index (χ0n) is 10.6. The van der Waals surface area contributed by atoms with Gasteiger partial charge in [0.25, 0.3) is 5.91 Å². The molecule has 16 heavy (non-hydrogen) atoms. The lowest BCUT2D eigenvalue weighted by Gasteiger charge is -2.33. The van der Waals surface area contributed by atoms with Crippen LogP contribution in [0.1, 0.15) is 26.7 Å². The van der Waals surface area contributed by atoms with Crippen molar-refractivity contribution in [2.75, 3.05) is 26.7 Å². The van der Waals surface area contributed by atoms with E-state index in [4.69, 9.17) is 5.84 Å². The molecule has 5 nitrogen and oxygen atoms in total. The highest BCUT2D eigenvalue weighted by atomic mass is 16.2. The fourth-order valence-electron chi connectivity index (χ4n) is 2.52. The lowest BCUT2D eigenvalue weighted by atomic mass is 10.1. The zero-order valence-corrected chi connectivity index (χ0v) is 10.6. The summed E-state index contributed by atoms with van der Waals surface area (Å²) in [5.41, 5.74) is 2.27. The van der Waals surface area contributed by atoms with Crippen LogP contribution in [0.2, 0.25) is 0 Å². The average molecular weight is 228 g/mol. The Kier molecular flexibility index (Phi) is 5.18. The van der Waals surface area contributed by atoms with Crippen LogP contribution in [0.4, 0.5) is 0 Å². The molecule has 5 heteroatoms. The molecule has 0 aromatic rings. The van der Waals surface area contributed by atoms with Crippen molar-refractivity contribution in [3.63, 3.8) is 0 Å². The van der Waals surface area contributed by atoms with Crippen LogP contribution in [-0.2, 0) is 4.79 Å². The van der Waals surface area contributed by atoms with Crippen molar-refractivity contribution in [3.05, 3.63) is 0 Å². The summed E-state index contributed by atoms with van der Waals surface area (Å²) in [5, 5.41) is 0. The van der Waals surface area contributed by atoms with Crippen LogP contribution in [0.15, 0.2) is 0 Å². The molecule has 1 aliphatic rings.